The van der Waals surface area contributed by atoms with Crippen molar-refractivity contribution in [3.05, 3.63) is 24.3 Å². The average molecular weight is 1050 g/mol. The highest BCUT2D eigenvalue weighted by molar-refractivity contribution is 7.47. The van der Waals surface area contributed by atoms with E-state index in [0.717, 1.165) is 51.4 Å². The van der Waals surface area contributed by atoms with Crippen molar-refractivity contribution >= 4 is 19.8 Å². The molecule has 9 nitrogen and oxygen atoms in total. The first-order valence-electron chi connectivity index (χ1n) is 31.8. The molecule has 0 saturated carbocycles. The predicted molar refractivity (Wildman–Crippen MR) is 312 cm³/mol. The van der Waals surface area contributed by atoms with Crippen LogP contribution in [0.15, 0.2) is 24.3 Å². The summed E-state index contributed by atoms with van der Waals surface area (Å²) >= 11 is 0. The Morgan fingerprint density at radius 2 is 0.671 bits per heavy atom. The van der Waals surface area contributed by atoms with Crippen LogP contribution in [-0.4, -0.2) is 49.3 Å². The minimum Gasteiger partial charge on any atom is -0.462 e. The third kappa shape index (κ3) is 59.6. The number of unbranched alkanes of at least 4 members (excludes halogenated alkanes) is 44. The number of carbonyl (C=O) groups excluding carboxylic acids is 2. The van der Waals surface area contributed by atoms with Crippen LogP contribution in [0.3, 0.4) is 0 Å². The maximum absolute atomic E-state index is 12.7. The lowest BCUT2D eigenvalue weighted by atomic mass is 10.0. The van der Waals surface area contributed by atoms with Crippen molar-refractivity contribution in [2.75, 3.05) is 26.4 Å². The number of hydrogen-bond donors (Lipinski definition) is 2. The third-order valence-electron chi connectivity index (χ3n) is 14.3. The fourth-order valence-electron chi connectivity index (χ4n) is 9.57. The maximum Gasteiger partial charge on any atom is 0.472 e. The molecular formula is C63H122NO8P. The molecule has 0 bridgehead atoms. The Kier molecular flexibility index (Phi) is 58.5. The van der Waals surface area contributed by atoms with E-state index in [-0.39, 0.29) is 38.6 Å². The first kappa shape index (κ1) is 71.5. The SMILES string of the molecule is CCCCCC/C=C\CCCCCCCC(=O)OCC(COP(=O)(O)OCCN)OC(=O)CCCCCCCCCCCCCCCCCCCCCCCCCCCCC/C=C\CCCCCCCCCC. The molecule has 0 aliphatic heterocycles. The van der Waals surface area contributed by atoms with Gasteiger partial charge in [0.05, 0.1) is 13.2 Å². The van der Waals surface area contributed by atoms with Crippen LogP contribution in [0.2, 0.25) is 0 Å². The molecule has 0 spiro atoms. The Balaban J connectivity index is 3.71. The van der Waals surface area contributed by atoms with Gasteiger partial charge in [0, 0.05) is 19.4 Å². The summed E-state index contributed by atoms with van der Waals surface area (Å²) in [6, 6.07) is 0. The molecule has 0 amide bonds. The molecule has 10 heteroatoms. The summed E-state index contributed by atoms with van der Waals surface area (Å²) < 4.78 is 33.0. The molecule has 2 unspecified atom stereocenters. The van der Waals surface area contributed by atoms with Crippen molar-refractivity contribution in [2.45, 2.75) is 341 Å². The van der Waals surface area contributed by atoms with E-state index in [2.05, 4.69) is 38.2 Å². The quantitative estimate of drug-likeness (QED) is 0.0264. The second-order valence-corrected chi connectivity index (χ2v) is 23.1. The first-order chi connectivity index (χ1) is 35.8. The van der Waals surface area contributed by atoms with E-state index in [1.165, 1.54) is 250 Å². The molecule has 432 valence electrons. The number of carbonyl (C=O) groups is 2. The van der Waals surface area contributed by atoms with Gasteiger partial charge in [-0.25, -0.2) is 4.57 Å². The zero-order valence-corrected chi connectivity index (χ0v) is 49.3. The van der Waals surface area contributed by atoms with E-state index in [4.69, 9.17) is 24.3 Å². The standard InChI is InChI=1S/C63H122NO8P/c1-3-5-7-9-11-13-15-17-18-19-20-21-22-23-24-25-26-27-28-29-30-31-32-33-34-35-36-37-38-39-40-41-42-44-46-48-50-52-54-56-63(66)72-61(60-71-73(67,68)70-58-57-64)59-69-62(65)55-53-51-49-47-45-43-16-14-12-10-8-6-4-2/h14,16,19-20,61H,3-13,15,17-18,21-60,64H2,1-2H3,(H,67,68)/b16-14-,20-19-. The van der Waals surface area contributed by atoms with E-state index >= 15 is 0 Å². The average Bonchev–Trinajstić information content (AvgIpc) is 3.38. The number of nitrogens with two attached hydrogens (primary N) is 1. The highest BCUT2D eigenvalue weighted by atomic mass is 31.2. The number of ether oxygens (including phenoxy) is 2. The van der Waals surface area contributed by atoms with Gasteiger partial charge in [-0.1, -0.05) is 282 Å². The Morgan fingerprint density at radius 3 is 0.986 bits per heavy atom. The van der Waals surface area contributed by atoms with Gasteiger partial charge in [-0.15, -0.1) is 0 Å². The highest BCUT2D eigenvalue weighted by Crippen LogP contribution is 2.43. The molecule has 0 radical (unpaired) electrons. The Bertz CT molecular complexity index is 1250. The van der Waals surface area contributed by atoms with E-state index in [1.54, 1.807) is 0 Å². The van der Waals surface area contributed by atoms with Crippen molar-refractivity contribution in [3.63, 3.8) is 0 Å². The molecule has 0 heterocycles. The van der Waals surface area contributed by atoms with Gasteiger partial charge >= 0.3 is 19.8 Å². The number of esters is 2. The summed E-state index contributed by atoms with van der Waals surface area (Å²) in [6.45, 7) is 3.76. The predicted octanol–water partition coefficient (Wildman–Crippen LogP) is 20.2. The summed E-state index contributed by atoms with van der Waals surface area (Å²) in [7, 11) is -4.38. The molecule has 73 heavy (non-hydrogen) atoms. The monoisotopic (exact) mass is 1050 g/mol. The van der Waals surface area contributed by atoms with Crippen LogP contribution in [0.25, 0.3) is 0 Å². The summed E-state index contributed by atoms with van der Waals surface area (Å²) in [4.78, 5) is 35.1. The largest absolute Gasteiger partial charge is 0.472 e. The number of rotatable bonds is 61. The Morgan fingerprint density at radius 1 is 0.397 bits per heavy atom. The van der Waals surface area contributed by atoms with Gasteiger partial charge in [0.15, 0.2) is 6.10 Å². The van der Waals surface area contributed by atoms with Gasteiger partial charge in [0.1, 0.15) is 6.61 Å². The Hall–Kier alpha value is -1.51. The number of phosphoric ester groups is 1. The molecule has 0 saturated heterocycles. The van der Waals surface area contributed by atoms with Gasteiger partial charge in [-0.05, 0) is 64.2 Å². The number of hydrogen-bond acceptors (Lipinski definition) is 8. The molecule has 0 aromatic rings. The molecule has 0 aliphatic carbocycles. The van der Waals surface area contributed by atoms with Crippen molar-refractivity contribution in [1.29, 1.82) is 0 Å². The van der Waals surface area contributed by atoms with E-state index < -0.39 is 26.5 Å². The van der Waals surface area contributed by atoms with E-state index in [0.29, 0.717) is 6.42 Å². The number of allylic oxidation sites excluding steroid dienone is 4. The van der Waals surface area contributed by atoms with Crippen LogP contribution in [0, 0.1) is 0 Å². The maximum atomic E-state index is 12.7. The second-order valence-electron chi connectivity index (χ2n) is 21.6. The van der Waals surface area contributed by atoms with Gasteiger partial charge in [-0.3, -0.25) is 18.6 Å². The molecular weight excluding hydrogens is 930 g/mol. The van der Waals surface area contributed by atoms with Crippen LogP contribution < -0.4 is 5.73 Å². The zero-order chi connectivity index (χ0) is 53.1. The summed E-state index contributed by atoms with van der Waals surface area (Å²) in [5.41, 5.74) is 5.38. The second kappa shape index (κ2) is 59.7. The van der Waals surface area contributed by atoms with Crippen molar-refractivity contribution in [3.8, 4) is 0 Å². The van der Waals surface area contributed by atoms with Crippen molar-refractivity contribution in [1.82, 2.24) is 0 Å². The van der Waals surface area contributed by atoms with E-state index in [1.807, 2.05) is 0 Å². The lowest BCUT2D eigenvalue weighted by molar-refractivity contribution is -0.161. The van der Waals surface area contributed by atoms with Gasteiger partial charge in [0.25, 0.3) is 0 Å². The molecule has 0 fully saturated rings. The summed E-state index contributed by atoms with van der Waals surface area (Å²) in [6.07, 6.45) is 71.5. The van der Waals surface area contributed by atoms with E-state index in [9.17, 15) is 19.0 Å². The smallest absolute Gasteiger partial charge is 0.462 e. The van der Waals surface area contributed by atoms with Crippen LogP contribution in [0.4, 0.5) is 0 Å². The topological polar surface area (TPSA) is 134 Å². The normalized spacial score (nSPS) is 13.1. The molecule has 0 aliphatic rings. The summed E-state index contributed by atoms with van der Waals surface area (Å²) in [5.74, 6) is -0.822. The fraction of sp³-hybridized carbons (Fsp3) is 0.905. The summed E-state index contributed by atoms with van der Waals surface area (Å²) in [5, 5.41) is 0. The lowest BCUT2D eigenvalue weighted by Gasteiger charge is -2.19. The Labute approximate surface area is 452 Å². The lowest BCUT2D eigenvalue weighted by Crippen LogP contribution is -2.29. The van der Waals surface area contributed by atoms with Crippen LogP contribution in [-0.2, 0) is 32.7 Å². The van der Waals surface area contributed by atoms with Gasteiger partial charge in [-0.2, -0.15) is 0 Å². The first-order valence-corrected chi connectivity index (χ1v) is 33.3. The fourth-order valence-corrected chi connectivity index (χ4v) is 10.3. The van der Waals surface area contributed by atoms with Crippen LogP contribution in [0.5, 0.6) is 0 Å². The molecule has 0 aromatic heterocycles. The van der Waals surface area contributed by atoms with Gasteiger partial charge < -0.3 is 20.1 Å². The third-order valence-corrected chi connectivity index (χ3v) is 15.3. The molecule has 0 aromatic carbocycles. The molecule has 0 rings (SSSR count). The zero-order valence-electron chi connectivity index (χ0n) is 48.4. The van der Waals surface area contributed by atoms with Crippen LogP contribution in [0.1, 0.15) is 335 Å². The van der Waals surface area contributed by atoms with Crippen molar-refractivity contribution in [2.24, 2.45) is 5.73 Å². The molecule has 3 N–H and O–H groups in total. The minimum atomic E-state index is -4.38. The van der Waals surface area contributed by atoms with Gasteiger partial charge in [0.2, 0.25) is 0 Å². The van der Waals surface area contributed by atoms with Crippen molar-refractivity contribution < 1.29 is 37.6 Å². The number of phosphoric acid groups is 1. The minimum absolute atomic E-state index is 0.0549. The highest BCUT2D eigenvalue weighted by Gasteiger charge is 2.26. The molecule has 2 atom stereocenters. The van der Waals surface area contributed by atoms with Crippen LogP contribution >= 0.6 is 7.82 Å².